The largest absolute Gasteiger partial charge is 0.488 e. The Balaban J connectivity index is 1.39. The summed E-state index contributed by atoms with van der Waals surface area (Å²) in [5.41, 5.74) is 4.59. The molecule has 0 radical (unpaired) electrons. The SMILES string of the molecule is CC(C)(C)Oc1ccc(-c2ccc(Oc3ccc(C(=O)c4ccc(C(C)(C)C)cc4)cc3)cc2)cc1. The lowest BCUT2D eigenvalue weighted by Gasteiger charge is -2.21. The molecule has 0 amide bonds. The minimum atomic E-state index is -0.219. The van der Waals surface area contributed by atoms with E-state index in [9.17, 15) is 4.79 Å². The van der Waals surface area contributed by atoms with E-state index in [1.54, 1.807) is 0 Å². The molecule has 0 aliphatic heterocycles. The van der Waals surface area contributed by atoms with E-state index >= 15 is 0 Å². The highest BCUT2D eigenvalue weighted by atomic mass is 16.5. The van der Waals surface area contributed by atoms with Crippen molar-refractivity contribution in [3.63, 3.8) is 0 Å². The highest BCUT2D eigenvalue weighted by molar-refractivity contribution is 6.09. The molecule has 3 heteroatoms. The number of rotatable bonds is 6. The molecule has 0 aromatic heterocycles. The molecule has 0 spiro atoms. The standard InChI is InChI=1S/C33H34O3/c1-32(2,3)27-15-7-25(8-16-27)31(34)26-13-19-29(20-14-26)35-28-17-9-23(10-18-28)24-11-21-30(22-12-24)36-33(4,5)6/h7-22H,1-6H3. The van der Waals surface area contributed by atoms with Crippen molar-refractivity contribution in [2.75, 3.05) is 0 Å². The van der Waals surface area contributed by atoms with Crippen LogP contribution in [0.4, 0.5) is 0 Å². The summed E-state index contributed by atoms with van der Waals surface area (Å²) >= 11 is 0. The van der Waals surface area contributed by atoms with Gasteiger partial charge in [-0.15, -0.1) is 0 Å². The topological polar surface area (TPSA) is 35.5 Å². The monoisotopic (exact) mass is 478 g/mol. The van der Waals surface area contributed by atoms with Crippen molar-refractivity contribution in [2.45, 2.75) is 52.6 Å². The first-order chi connectivity index (χ1) is 17.0. The van der Waals surface area contributed by atoms with Crippen LogP contribution in [0.5, 0.6) is 17.2 Å². The summed E-state index contributed by atoms with van der Waals surface area (Å²) in [7, 11) is 0. The predicted molar refractivity (Wildman–Crippen MR) is 147 cm³/mol. The first-order valence-corrected chi connectivity index (χ1v) is 12.3. The van der Waals surface area contributed by atoms with Gasteiger partial charge >= 0.3 is 0 Å². The molecule has 0 fully saturated rings. The Hall–Kier alpha value is -3.85. The molecule has 0 atom stereocenters. The van der Waals surface area contributed by atoms with Gasteiger partial charge in [0.15, 0.2) is 5.78 Å². The molecule has 4 aromatic rings. The molecule has 0 aliphatic rings. The molecule has 184 valence electrons. The molecule has 0 unspecified atom stereocenters. The zero-order valence-electron chi connectivity index (χ0n) is 22.0. The normalized spacial score (nSPS) is 11.7. The number of hydrogen-bond donors (Lipinski definition) is 0. The Morgan fingerprint density at radius 1 is 0.528 bits per heavy atom. The Bertz CT molecular complexity index is 1300. The van der Waals surface area contributed by atoms with Crippen molar-refractivity contribution in [1.82, 2.24) is 0 Å². The minimum Gasteiger partial charge on any atom is -0.488 e. The average molecular weight is 479 g/mol. The van der Waals surface area contributed by atoms with Gasteiger partial charge in [-0.25, -0.2) is 0 Å². The van der Waals surface area contributed by atoms with Crippen molar-refractivity contribution < 1.29 is 14.3 Å². The van der Waals surface area contributed by atoms with Gasteiger partial charge < -0.3 is 9.47 Å². The van der Waals surface area contributed by atoms with E-state index in [0.29, 0.717) is 16.9 Å². The van der Waals surface area contributed by atoms with Crippen LogP contribution in [0, 0.1) is 0 Å². The van der Waals surface area contributed by atoms with E-state index in [4.69, 9.17) is 9.47 Å². The highest BCUT2D eigenvalue weighted by Crippen LogP contribution is 2.29. The Morgan fingerprint density at radius 3 is 1.33 bits per heavy atom. The van der Waals surface area contributed by atoms with Gasteiger partial charge in [-0.3, -0.25) is 4.79 Å². The summed E-state index contributed by atoms with van der Waals surface area (Å²) in [6, 6.07) is 31.2. The lowest BCUT2D eigenvalue weighted by atomic mass is 9.86. The van der Waals surface area contributed by atoms with Crippen LogP contribution in [0.3, 0.4) is 0 Å². The molecule has 0 saturated heterocycles. The number of ketones is 1. The second-order valence-corrected chi connectivity index (χ2v) is 11.0. The molecular weight excluding hydrogens is 444 g/mol. The number of carbonyl (C=O) groups is 1. The maximum atomic E-state index is 12.9. The van der Waals surface area contributed by atoms with Gasteiger partial charge in [-0.05, 0) is 91.4 Å². The molecule has 0 bridgehead atoms. The van der Waals surface area contributed by atoms with Crippen LogP contribution in [0.25, 0.3) is 11.1 Å². The summed E-state index contributed by atoms with van der Waals surface area (Å²) < 4.78 is 11.9. The molecule has 4 rings (SSSR count). The molecule has 36 heavy (non-hydrogen) atoms. The van der Waals surface area contributed by atoms with Gasteiger partial charge in [-0.1, -0.05) is 69.3 Å². The smallest absolute Gasteiger partial charge is 0.193 e. The molecule has 0 N–H and O–H groups in total. The van der Waals surface area contributed by atoms with Crippen LogP contribution < -0.4 is 9.47 Å². The summed E-state index contributed by atoms with van der Waals surface area (Å²) in [5.74, 6) is 2.29. The lowest BCUT2D eigenvalue weighted by Crippen LogP contribution is -2.22. The van der Waals surface area contributed by atoms with Gasteiger partial charge in [0, 0.05) is 11.1 Å². The number of benzene rings is 4. The Labute approximate surface area is 214 Å². The fourth-order valence-corrected chi connectivity index (χ4v) is 3.88. The van der Waals surface area contributed by atoms with Crippen molar-refractivity contribution in [3.8, 4) is 28.4 Å². The lowest BCUT2D eigenvalue weighted by molar-refractivity contribution is 0.103. The predicted octanol–water partition coefficient (Wildman–Crippen LogP) is 8.85. The van der Waals surface area contributed by atoms with Gasteiger partial charge in [0.1, 0.15) is 22.8 Å². The summed E-state index contributed by atoms with van der Waals surface area (Å²) in [4.78, 5) is 12.9. The zero-order valence-corrected chi connectivity index (χ0v) is 22.0. The molecule has 0 aliphatic carbocycles. The van der Waals surface area contributed by atoms with E-state index in [1.807, 2.05) is 106 Å². The van der Waals surface area contributed by atoms with Gasteiger partial charge in [0.2, 0.25) is 0 Å². The molecule has 3 nitrogen and oxygen atoms in total. The summed E-state index contributed by atoms with van der Waals surface area (Å²) in [5, 5.41) is 0. The van der Waals surface area contributed by atoms with Crippen LogP contribution >= 0.6 is 0 Å². The summed E-state index contributed by atoms with van der Waals surface area (Å²) in [6.07, 6.45) is 0. The fourth-order valence-electron chi connectivity index (χ4n) is 3.88. The quantitative estimate of drug-likeness (QED) is 0.260. The summed E-state index contributed by atoms with van der Waals surface area (Å²) in [6.45, 7) is 12.6. The van der Waals surface area contributed by atoms with E-state index in [0.717, 1.165) is 22.6 Å². The second kappa shape index (κ2) is 10.0. The van der Waals surface area contributed by atoms with E-state index in [2.05, 4.69) is 32.9 Å². The first kappa shape index (κ1) is 25.2. The van der Waals surface area contributed by atoms with Crippen LogP contribution in [-0.4, -0.2) is 11.4 Å². The van der Waals surface area contributed by atoms with Gasteiger partial charge in [-0.2, -0.15) is 0 Å². The van der Waals surface area contributed by atoms with E-state index < -0.39 is 0 Å². The third-order valence-electron chi connectivity index (χ3n) is 5.83. The zero-order chi connectivity index (χ0) is 25.9. The maximum Gasteiger partial charge on any atom is 0.193 e. The minimum absolute atomic E-state index is 0.00489. The molecule has 4 aromatic carbocycles. The fraction of sp³-hybridized carbons (Fsp3) is 0.242. The van der Waals surface area contributed by atoms with E-state index in [-0.39, 0.29) is 16.8 Å². The van der Waals surface area contributed by atoms with Crippen LogP contribution in [0.15, 0.2) is 97.1 Å². The molecule has 0 heterocycles. The van der Waals surface area contributed by atoms with Crippen LogP contribution in [0.2, 0.25) is 0 Å². The van der Waals surface area contributed by atoms with Crippen molar-refractivity contribution in [1.29, 1.82) is 0 Å². The van der Waals surface area contributed by atoms with Crippen molar-refractivity contribution in [3.05, 3.63) is 114 Å². The highest BCUT2D eigenvalue weighted by Gasteiger charge is 2.15. The average Bonchev–Trinajstić information content (AvgIpc) is 2.84. The third-order valence-corrected chi connectivity index (χ3v) is 5.83. The third kappa shape index (κ3) is 6.42. The van der Waals surface area contributed by atoms with E-state index in [1.165, 1.54) is 5.56 Å². The van der Waals surface area contributed by atoms with Gasteiger partial charge in [0.05, 0.1) is 0 Å². The van der Waals surface area contributed by atoms with Crippen LogP contribution in [0.1, 0.15) is 63.0 Å². The Kier molecular flexibility index (Phi) is 7.03. The number of hydrogen-bond acceptors (Lipinski definition) is 3. The first-order valence-electron chi connectivity index (χ1n) is 12.3. The Morgan fingerprint density at radius 2 is 0.917 bits per heavy atom. The molecule has 0 saturated carbocycles. The van der Waals surface area contributed by atoms with Crippen molar-refractivity contribution >= 4 is 5.78 Å². The van der Waals surface area contributed by atoms with Crippen molar-refractivity contribution in [2.24, 2.45) is 0 Å². The maximum absolute atomic E-state index is 12.9. The number of ether oxygens (including phenoxy) is 2. The second-order valence-electron chi connectivity index (χ2n) is 11.0. The number of carbonyl (C=O) groups excluding carboxylic acids is 1. The van der Waals surface area contributed by atoms with Crippen LogP contribution in [-0.2, 0) is 5.41 Å². The van der Waals surface area contributed by atoms with Gasteiger partial charge in [0.25, 0.3) is 0 Å². The molecular formula is C33H34O3.